The fourth-order valence-electron chi connectivity index (χ4n) is 4.87. The quantitative estimate of drug-likeness (QED) is 0.540. The van der Waals surface area contributed by atoms with Crippen molar-refractivity contribution in [3.8, 4) is 5.75 Å². The number of alkyl halides is 6. The SMILES string of the molecule is CS(=O)(=O)c1ccc(OCC(F)(F)F)c(C(=O)N2CC3(N)CC3(c3noc(C4(C(F)(F)F)CC4)n3)C2)c1. The molecule has 2 N–H and O–H groups in total. The van der Waals surface area contributed by atoms with Gasteiger partial charge in [0.05, 0.1) is 15.9 Å². The molecule has 1 aliphatic heterocycles. The van der Waals surface area contributed by atoms with Gasteiger partial charge in [0.15, 0.2) is 22.3 Å². The first-order valence-electron chi connectivity index (χ1n) is 10.9. The maximum Gasteiger partial charge on any atom is 0.422 e. The van der Waals surface area contributed by atoms with E-state index in [2.05, 4.69) is 10.1 Å². The number of nitrogens with zero attached hydrogens (tertiary/aromatic N) is 3. The highest BCUT2D eigenvalue weighted by Gasteiger charge is 2.75. The van der Waals surface area contributed by atoms with Gasteiger partial charge in [0.25, 0.3) is 5.91 Å². The monoisotopic (exact) mass is 554 g/mol. The topological polar surface area (TPSA) is 129 Å². The number of hydrogen-bond donors (Lipinski definition) is 1. The Bertz CT molecular complexity index is 1390. The summed E-state index contributed by atoms with van der Waals surface area (Å²) in [5.74, 6) is -2.02. The highest BCUT2D eigenvalue weighted by atomic mass is 32.2. The Balaban J connectivity index is 1.43. The van der Waals surface area contributed by atoms with E-state index in [9.17, 15) is 39.6 Å². The normalized spacial score (nSPS) is 26.6. The van der Waals surface area contributed by atoms with Crippen LogP contribution in [0.4, 0.5) is 26.3 Å². The van der Waals surface area contributed by atoms with E-state index in [1.807, 2.05) is 0 Å². The molecule has 2 aromatic rings. The number of rotatable bonds is 6. The maximum atomic E-state index is 13.5. The number of sulfone groups is 1. The van der Waals surface area contributed by atoms with Crippen LogP contribution in [0.15, 0.2) is 27.6 Å². The van der Waals surface area contributed by atoms with E-state index in [1.165, 1.54) is 0 Å². The summed E-state index contributed by atoms with van der Waals surface area (Å²) in [6.07, 6.45) is -8.58. The maximum absolute atomic E-state index is 13.5. The van der Waals surface area contributed by atoms with E-state index >= 15 is 0 Å². The molecule has 2 atom stereocenters. The van der Waals surface area contributed by atoms with Gasteiger partial charge in [0.1, 0.15) is 11.2 Å². The van der Waals surface area contributed by atoms with Gasteiger partial charge in [0, 0.05) is 24.9 Å². The van der Waals surface area contributed by atoms with Crippen molar-refractivity contribution in [1.82, 2.24) is 15.0 Å². The predicted octanol–water partition coefficient (Wildman–Crippen LogP) is 2.50. The summed E-state index contributed by atoms with van der Waals surface area (Å²) >= 11 is 0. The van der Waals surface area contributed by atoms with Gasteiger partial charge in [-0.15, -0.1) is 0 Å². The number of amides is 1. The van der Waals surface area contributed by atoms with Gasteiger partial charge < -0.3 is 19.9 Å². The lowest BCUT2D eigenvalue weighted by atomic mass is 10.0. The minimum absolute atomic E-state index is 0.0887. The lowest BCUT2D eigenvalue weighted by Crippen LogP contribution is -2.37. The van der Waals surface area contributed by atoms with E-state index in [0.29, 0.717) is 0 Å². The number of hydrogen-bond acceptors (Lipinski definition) is 8. The molecule has 2 heterocycles. The number of benzene rings is 1. The van der Waals surface area contributed by atoms with Crippen molar-refractivity contribution in [3.63, 3.8) is 0 Å². The molecule has 0 radical (unpaired) electrons. The molecule has 2 saturated carbocycles. The number of fused-ring (bicyclic) bond motifs is 1. The van der Waals surface area contributed by atoms with E-state index in [4.69, 9.17) is 15.0 Å². The molecule has 0 bridgehead atoms. The second-order valence-corrected chi connectivity index (χ2v) is 11.9. The summed E-state index contributed by atoms with van der Waals surface area (Å²) in [6, 6.07) is 2.88. The fraction of sp³-hybridized carbons (Fsp3) is 0.571. The molecule has 202 valence electrons. The molecule has 2 unspecified atom stereocenters. The molecule has 1 aromatic heterocycles. The third-order valence-electron chi connectivity index (χ3n) is 7.22. The Morgan fingerprint density at radius 1 is 1.19 bits per heavy atom. The van der Waals surface area contributed by atoms with Crippen LogP contribution in [0, 0.1) is 0 Å². The first-order chi connectivity index (χ1) is 16.9. The van der Waals surface area contributed by atoms with Crippen molar-refractivity contribution >= 4 is 15.7 Å². The van der Waals surface area contributed by atoms with Crippen molar-refractivity contribution in [2.75, 3.05) is 26.0 Å². The molecule has 1 saturated heterocycles. The van der Waals surface area contributed by atoms with Crippen LogP contribution in [0.1, 0.15) is 41.3 Å². The van der Waals surface area contributed by atoms with Gasteiger partial charge in [-0.3, -0.25) is 4.79 Å². The van der Waals surface area contributed by atoms with E-state index < -0.39 is 68.3 Å². The Hall–Kier alpha value is -2.88. The van der Waals surface area contributed by atoms with Crippen LogP contribution in [0.3, 0.4) is 0 Å². The summed E-state index contributed by atoms with van der Waals surface area (Å²) in [6.45, 7) is -2.01. The van der Waals surface area contributed by atoms with Gasteiger partial charge in [-0.1, -0.05) is 5.16 Å². The van der Waals surface area contributed by atoms with Gasteiger partial charge in [-0.25, -0.2) is 8.42 Å². The lowest BCUT2D eigenvalue weighted by molar-refractivity contribution is -0.166. The van der Waals surface area contributed by atoms with E-state index in [-0.39, 0.29) is 43.1 Å². The molecule has 9 nitrogen and oxygen atoms in total. The first-order valence-corrected chi connectivity index (χ1v) is 12.8. The van der Waals surface area contributed by atoms with E-state index in [0.717, 1.165) is 29.4 Å². The minimum Gasteiger partial charge on any atom is -0.483 e. The van der Waals surface area contributed by atoms with Crippen LogP contribution in [0.25, 0.3) is 0 Å². The largest absolute Gasteiger partial charge is 0.483 e. The third kappa shape index (κ3) is 4.13. The van der Waals surface area contributed by atoms with Crippen LogP contribution in [-0.2, 0) is 20.7 Å². The Morgan fingerprint density at radius 2 is 1.86 bits per heavy atom. The predicted molar refractivity (Wildman–Crippen MR) is 111 cm³/mol. The molecule has 3 aliphatic rings. The Morgan fingerprint density at radius 3 is 2.43 bits per heavy atom. The molecular formula is C21H20F6N4O5S. The molecule has 5 rings (SSSR count). The molecule has 37 heavy (non-hydrogen) atoms. The van der Waals surface area contributed by atoms with Crippen molar-refractivity contribution in [3.05, 3.63) is 35.5 Å². The highest BCUT2D eigenvalue weighted by Crippen LogP contribution is 2.62. The molecule has 0 spiro atoms. The minimum atomic E-state index is -4.72. The fourth-order valence-corrected chi connectivity index (χ4v) is 5.52. The average molecular weight is 554 g/mol. The number of piperidine rings is 1. The summed E-state index contributed by atoms with van der Waals surface area (Å²) in [5.41, 5.74) is 1.52. The zero-order chi connectivity index (χ0) is 27.2. The van der Waals surface area contributed by atoms with Crippen molar-refractivity contribution < 1.29 is 48.8 Å². The van der Waals surface area contributed by atoms with Gasteiger partial charge in [0.2, 0.25) is 5.89 Å². The third-order valence-corrected chi connectivity index (χ3v) is 8.33. The van der Waals surface area contributed by atoms with Gasteiger partial charge >= 0.3 is 12.4 Å². The summed E-state index contributed by atoms with van der Waals surface area (Å²) in [7, 11) is -3.83. The van der Waals surface area contributed by atoms with Crippen LogP contribution < -0.4 is 10.5 Å². The zero-order valence-corrected chi connectivity index (χ0v) is 19.9. The lowest BCUT2D eigenvalue weighted by Gasteiger charge is -2.22. The van der Waals surface area contributed by atoms with Crippen LogP contribution in [-0.4, -0.2) is 73.2 Å². The standard InChI is InChI=1S/C21H20F6N4O5S/c1-37(33,34)11-2-3-13(35-10-20(22,23)24)12(6-11)14(32)31-8-18(7-19(18,28)9-31)15-29-16(36-30-15)17(4-5-17)21(25,26)27/h2-3,6H,4-5,7-10,28H2,1H3. The number of carbonyl (C=O) groups is 1. The molecular weight excluding hydrogens is 534 g/mol. The Labute approximate surface area is 205 Å². The van der Waals surface area contributed by atoms with Crippen molar-refractivity contribution in [2.24, 2.45) is 5.73 Å². The van der Waals surface area contributed by atoms with Crippen LogP contribution >= 0.6 is 0 Å². The molecule has 16 heteroatoms. The molecule has 1 amide bonds. The number of carbonyl (C=O) groups excluding carboxylic acids is 1. The molecule has 1 aromatic carbocycles. The first kappa shape index (κ1) is 25.8. The summed E-state index contributed by atoms with van der Waals surface area (Å²) < 4.78 is 112. The smallest absolute Gasteiger partial charge is 0.422 e. The molecule has 2 aliphatic carbocycles. The van der Waals surface area contributed by atoms with Gasteiger partial charge in [-0.2, -0.15) is 31.3 Å². The highest BCUT2D eigenvalue weighted by molar-refractivity contribution is 7.90. The second kappa shape index (κ2) is 7.58. The van der Waals surface area contributed by atoms with Crippen LogP contribution in [0.2, 0.25) is 0 Å². The van der Waals surface area contributed by atoms with E-state index in [1.54, 1.807) is 0 Å². The number of likely N-dealkylation sites (tertiary alicyclic amines) is 1. The summed E-state index contributed by atoms with van der Waals surface area (Å²) in [4.78, 5) is 18.2. The van der Waals surface area contributed by atoms with Crippen molar-refractivity contribution in [1.29, 1.82) is 0 Å². The number of ether oxygens (including phenoxy) is 1. The number of nitrogens with two attached hydrogens (primary N) is 1. The number of halogens is 6. The number of aromatic nitrogens is 2. The Kier molecular flexibility index (Phi) is 5.28. The zero-order valence-electron chi connectivity index (χ0n) is 19.1. The van der Waals surface area contributed by atoms with Crippen LogP contribution in [0.5, 0.6) is 5.75 Å². The second-order valence-electron chi connectivity index (χ2n) is 9.91. The summed E-state index contributed by atoms with van der Waals surface area (Å²) in [5, 5.41) is 3.73. The average Bonchev–Trinajstić information content (AvgIpc) is 3.59. The van der Waals surface area contributed by atoms with Crippen molar-refractivity contribution in [2.45, 2.75) is 52.9 Å². The molecule has 3 fully saturated rings. The van der Waals surface area contributed by atoms with Gasteiger partial charge in [-0.05, 0) is 37.5 Å².